The van der Waals surface area contributed by atoms with E-state index in [1.165, 1.54) is 6.07 Å². The summed E-state index contributed by atoms with van der Waals surface area (Å²) in [5, 5.41) is 9.69. The molecule has 5 rings (SSSR count). The Morgan fingerprint density at radius 3 is 2.65 bits per heavy atom. The molecule has 5 aromatic rings. The molecule has 9 heteroatoms. The Hall–Kier alpha value is -3.86. The Morgan fingerprint density at radius 2 is 1.94 bits per heavy atom. The smallest absolute Gasteiger partial charge is 0.148 e. The number of benzene rings is 2. The maximum absolute atomic E-state index is 13.8. The third-order valence-electron chi connectivity index (χ3n) is 5.41. The molecule has 2 aromatic carbocycles. The van der Waals surface area contributed by atoms with Crippen molar-refractivity contribution in [1.29, 1.82) is 5.26 Å². The highest BCUT2D eigenvalue weighted by molar-refractivity contribution is 6.31. The quantitative estimate of drug-likeness (QED) is 0.300. The van der Waals surface area contributed by atoms with Crippen molar-refractivity contribution >= 4 is 34.2 Å². The van der Waals surface area contributed by atoms with E-state index in [-0.39, 0.29) is 11.4 Å². The minimum absolute atomic E-state index is 0.0251. The lowest BCUT2D eigenvalue weighted by atomic mass is 10.1. The van der Waals surface area contributed by atoms with Gasteiger partial charge in [0.2, 0.25) is 0 Å². The number of aromatic amines is 1. The number of imidazole rings is 1. The number of aromatic nitrogens is 4. The average molecular weight is 492 g/mol. The van der Waals surface area contributed by atoms with Crippen molar-refractivity contribution in [2.75, 3.05) is 7.11 Å². The fraction of sp³-hybridized carbons (Fsp3) is 0.0800. The van der Waals surface area contributed by atoms with Crippen LogP contribution >= 0.6 is 23.2 Å². The Labute approximate surface area is 204 Å². The number of ether oxygens (including phenoxy) is 1. The predicted octanol–water partition coefficient (Wildman–Crippen LogP) is 6.60. The molecule has 0 radical (unpaired) electrons. The fourth-order valence-corrected chi connectivity index (χ4v) is 4.13. The van der Waals surface area contributed by atoms with Crippen LogP contribution in [0.1, 0.15) is 5.69 Å². The van der Waals surface area contributed by atoms with Crippen LogP contribution in [0, 0.1) is 17.1 Å². The average Bonchev–Trinajstić information content (AvgIpc) is 3.40. The van der Waals surface area contributed by atoms with E-state index in [9.17, 15) is 4.39 Å². The summed E-state index contributed by atoms with van der Waals surface area (Å²) in [5.41, 5.74) is 5.08. The normalized spacial score (nSPS) is 11.0. The molecule has 0 amide bonds. The first-order chi connectivity index (χ1) is 16.5. The lowest BCUT2D eigenvalue weighted by Gasteiger charge is -2.11. The van der Waals surface area contributed by atoms with Crippen molar-refractivity contribution in [3.05, 3.63) is 82.5 Å². The molecule has 0 unspecified atom stereocenters. The molecule has 1 N–H and O–H groups in total. The second-order valence-electron chi connectivity index (χ2n) is 7.51. The van der Waals surface area contributed by atoms with Crippen molar-refractivity contribution < 1.29 is 9.13 Å². The Kier molecular flexibility index (Phi) is 5.70. The molecular weight excluding hydrogens is 476 g/mol. The van der Waals surface area contributed by atoms with Crippen LogP contribution in [0.25, 0.3) is 39.4 Å². The van der Waals surface area contributed by atoms with Crippen molar-refractivity contribution in [3.63, 3.8) is 0 Å². The second kappa shape index (κ2) is 8.82. The fourth-order valence-electron chi connectivity index (χ4n) is 3.83. The molecule has 0 fully saturated rings. The summed E-state index contributed by atoms with van der Waals surface area (Å²) in [6.07, 6.45) is 3.63. The van der Waals surface area contributed by atoms with Gasteiger partial charge in [0, 0.05) is 22.5 Å². The molecule has 0 aliphatic heterocycles. The molecule has 6 nitrogen and oxygen atoms in total. The molecule has 0 atom stereocenters. The lowest BCUT2D eigenvalue weighted by molar-refractivity contribution is 0.414. The molecule has 3 aromatic heterocycles. The van der Waals surface area contributed by atoms with Gasteiger partial charge in [0.15, 0.2) is 0 Å². The minimum atomic E-state index is -0.491. The van der Waals surface area contributed by atoms with Gasteiger partial charge in [-0.05, 0) is 36.4 Å². The first-order valence-electron chi connectivity index (χ1n) is 10.2. The lowest BCUT2D eigenvalue weighted by Crippen LogP contribution is -1.98. The van der Waals surface area contributed by atoms with Crippen LogP contribution < -0.4 is 4.74 Å². The summed E-state index contributed by atoms with van der Waals surface area (Å²) < 4.78 is 21.2. The van der Waals surface area contributed by atoms with E-state index in [1.807, 2.05) is 22.9 Å². The number of fused-ring (bicyclic) bond motifs is 1. The zero-order valence-corrected chi connectivity index (χ0v) is 19.3. The van der Waals surface area contributed by atoms with E-state index >= 15 is 0 Å². The molecule has 168 valence electrons. The number of H-pyrrole nitrogens is 1. The predicted molar refractivity (Wildman–Crippen MR) is 130 cm³/mol. The number of pyridine rings is 1. The van der Waals surface area contributed by atoms with Crippen molar-refractivity contribution in [2.45, 2.75) is 6.42 Å². The summed E-state index contributed by atoms with van der Waals surface area (Å²) in [4.78, 5) is 12.5. The molecule has 3 heterocycles. The number of nitrogens with one attached hydrogen (secondary N) is 1. The number of halogens is 3. The van der Waals surface area contributed by atoms with E-state index in [0.29, 0.717) is 39.1 Å². The minimum Gasteiger partial charge on any atom is -0.494 e. The van der Waals surface area contributed by atoms with Crippen LogP contribution in [0.2, 0.25) is 10.0 Å². The summed E-state index contributed by atoms with van der Waals surface area (Å²) in [6.45, 7) is 0. The Bertz CT molecular complexity index is 1570. The van der Waals surface area contributed by atoms with E-state index in [2.05, 4.69) is 16.0 Å². The van der Waals surface area contributed by atoms with Gasteiger partial charge in [-0.2, -0.15) is 5.26 Å². The Balaban J connectivity index is 1.74. The van der Waals surface area contributed by atoms with Crippen LogP contribution in [0.15, 0.2) is 60.9 Å². The van der Waals surface area contributed by atoms with Gasteiger partial charge < -0.3 is 14.3 Å². The second-order valence-corrected chi connectivity index (χ2v) is 8.36. The number of nitriles is 1. The number of hydrogen-bond acceptors (Lipinski definition) is 4. The van der Waals surface area contributed by atoms with Gasteiger partial charge in [-0.25, -0.2) is 9.37 Å². The number of nitrogens with zero attached hydrogens (tertiary/aromatic N) is 4. The molecule has 0 aliphatic rings. The van der Waals surface area contributed by atoms with Gasteiger partial charge in [0.1, 0.15) is 22.9 Å². The largest absolute Gasteiger partial charge is 0.494 e. The number of rotatable bonds is 5. The molecule has 0 spiro atoms. The SMILES string of the molecule is COc1cnc(CC#N)cc1-c1nc2c(-c3ccc(Cl)cc3)n(-c3ccc(F)c(Cl)c3)cc2[nH]1. The first-order valence-corrected chi connectivity index (χ1v) is 11.0. The van der Waals surface area contributed by atoms with Crippen LogP contribution in [-0.4, -0.2) is 26.6 Å². The van der Waals surface area contributed by atoms with Gasteiger partial charge in [0.05, 0.1) is 53.3 Å². The third-order valence-corrected chi connectivity index (χ3v) is 5.96. The molecule has 0 saturated heterocycles. The van der Waals surface area contributed by atoms with E-state index in [4.69, 9.17) is 38.2 Å². The molecule has 0 saturated carbocycles. The van der Waals surface area contributed by atoms with Crippen molar-refractivity contribution in [2.24, 2.45) is 0 Å². The monoisotopic (exact) mass is 491 g/mol. The maximum Gasteiger partial charge on any atom is 0.148 e. The highest BCUT2D eigenvalue weighted by atomic mass is 35.5. The molecular formula is C25H16Cl2FN5O. The van der Waals surface area contributed by atoms with Crippen LogP contribution in [0.3, 0.4) is 0 Å². The maximum atomic E-state index is 13.8. The topological polar surface area (TPSA) is 79.5 Å². The highest BCUT2D eigenvalue weighted by Gasteiger charge is 2.20. The molecule has 34 heavy (non-hydrogen) atoms. The standard InChI is InChI=1S/C25H16Cl2FN5O/c1-34-22-12-30-16(8-9-29)10-18(22)25-31-21-13-33(17-6-7-20(28)19(27)11-17)24(23(21)32-25)14-2-4-15(26)5-3-14/h2-7,10-13H,8H2,1H3,(H,31,32). The van der Waals surface area contributed by atoms with E-state index < -0.39 is 5.82 Å². The Morgan fingerprint density at radius 1 is 1.15 bits per heavy atom. The van der Waals surface area contributed by atoms with Crippen LogP contribution in [0.5, 0.6) is 5.75 Å². The van der Waals surface area contributed by atoms with E-state index in [1.54, 1.807) is 43.6 Å². The molecule has 0 bridgehead atoms. The van der Waals surface area contributed by atoms with Crippen molar-refractivity contribution in [1.82, 2.24) is 19.5 Å². The van der Waals surface area contributed by atoms with Gasteiger partial charge in [0.25, 0.3) is 0 Å². The number of methoxy groups -OCH3 is 1. The summed E-state index contributed by atoms with van der Waals surface area (Å²) in [6, 6.07) is 15.8. The van der Waals surface area contributed by atoms with Crippen LogP contribution in [0.4, 0.5) is 4.39 Å². The van der Waals surface area contributed by atoms with Gasteiger partial charge >= 0.3 is 0 Å². The number of hydrogen-bond donors (Lipinski definition) is 1. The summed E-state index contributed by atoms with van der Waals surface area (Å²) in [7, 11) is 1.55. The van der Waals surface area contributed by atoms with Gasteiger partial charge in [-0.3, -0.25) is 4.98 Å². The summed E-state index contributed by atoms with van der Waals surface area (Å²) >= 11 is 12.2. The first kappa shape index (κ1) is 22.0. The highest BCUT2D eigenvalue weighted by Crippen LogP contribution is 2.37. The third kappa shape index (κ3) is 3.87. The zero-order valence-electron chi connectivity index (χ0n) is 17.8. The van der Waals surface area contributed by atoms with Crippen molar-refractivity contribution in [3.8, 4) is 40.2 Å². The van der Waals surface area contributed by atoms with Gasteiger partial charge in [-0.1, -0.05) is 35.3 Å². The molecule has 0 aliphatic carbocycles. The summed E-state index contributed by atoms with van der Waals surface area (Å²) in [5.74, 6) is 0.613. The zero-order chi connectivity index (χ0) is 23.8. The van der Waals surface area contributed by atoms with Crippen LogP contribution in [-0.2, 0) is 6.42 Å². The van der Waals surface area contributed by atoms with E-state index in [0.717, 1.165) is 16.8 Å². The van der Waals surface area contributed by atoms with Gasteiger partial charge in [-0.15, -0.1) is 0 Å².